The van der Waals surface area contributed by atoms with Crippen molar-refractivity contribution in [1.82, 2.24) is 20.1 Å². The van der Waals surface area contributed by atoms with E-state index in [2.05, 4.69) is 10.3 Å². The second-order valence-corrected chi connectivity index (χ2v) is 8.37. The molecule has 1 aromatic heterocycles. The Balaban J connectivity index is 1.58. The van der Waals surface area contributed by atoms with Crippen LogP contribution in [0.15, 0.2) is 48.8 Å². The van der Waals surface area contributed by atoms with E-state index in [1.807, 2.05) is 12.1 Å². The largest absolute Gasteiger partial charge is 0.344 e. The summed E-state index contributed by atoms with van der Waals surface area (Å²) in [5, 5.41) is 3.48. The number of amides is 2. The van der Waals surface area contributed by atoms with Crippen molar-refractivity contribution >= 4 is 11.8 Å². The summed E-state index contributed by atoms with van der Waals surface area (Å²) < 4.78 is 13.1. The van der Waals surface area contributed by atoms with E-state index in [0.717, 1.165) is 24.0 Å². The molecule has 1 aromatic carbocycles. The van der Waals surface area contributed by atoms with E-state index in [4.69, 9.17) is 0 Å². The highest BCUT2D eigenvalue weighted by molar-refractivity contribution is 5.85. The van der Waals surface area contributed by atoms with Crippen molar-refractivity contribution in [2.45, 2.75) is 44.8 Å². The van der Waals surface area contributed by atoms with Gasteiger partial charge in [-0.1, -0.05) is 24.6 Å². The molecule has 6 nitrogen and oxygen atoms in total. The Kier molecular flexibility index (Phi) is 8.12. The molecule has 1 aliphatic heterocycles. The molecule has 2 amide bonds. The molecule has 0 aliphatic carbocycles. The van der Waals surface area contributed by atoms with E-state index in [1.165, 1.54) is 12.1 Å². The lowest BCUT2D eigenvalue weighted by atomic mass is 9.95. The molecule has 2 aromatic rings. The maximum absolute atomic E-state index is 13.1. The molecule has 31 heavy (non-hydrogen) atoms. The monoisotopic (exact) mass is 426 g/mol. The minimum atomic E-state index is -0.313. The Morgan fingerprint density at radius 3 is 2.71 bits per heavy atom. The second-order valence-electron chi connectivity index (χ2n) is 8.37. The number of carbonyl (C=O) groups excluding carboxylic acids is 2. The van der Waals surface area contributed by atoms with Gasteiger partial charge in [-0.25, -0.2) is 4.39 Å². The first-order valence-electron chi connectivity index (χ1n) is 10.8. The van der Waals surface area contributed by atoms with Crippen molar-refractivity contribution in [3.05, 3.63) is 65.7 Å². The zero-order chi connectivity index (χ0) is 22.2. The van der Waals surface area contributed by atoms with Gasteiger partial charge in [0.15, 0.2) is 0 Å². The number of carbonyl (C=O) groups is 2. The van der Waals surface area contributed by atoms with Gasteiger partial charge in [0, 0.05) is 64.5 Å². The highest BCUT2D eigenvalue weighted by Crippen LogP contribution is 2.21. The quantitative estimate of drug-likeness (QED) is 0.771. The number of pyridine rings is 1. The molecule has 0 saturated carbocycles. The van der Waals surface area contributed by atoms with Gasteiger partial charge in [0.1, 0.15) is 5.82 Å². The zero-order valence-electron chi connectivity index (χ0n) is 18.3. The summed E-state index contributed by atoms with van der Waals surface area (Å²) in [4.78, 5) is 33.3. The highest BCUT2D eigenvalue weighted by atomic mass is 19.1. The number of nitrogens with zero attached hydrogens (tertiary/aromatic N) is 3. The third kappa shape index (κ3) is 6.85. The molecule has 3 rings (SSSR count). The average Bonchev–Trinajstić information content (AvgIpc) is 2.83. The number of likely N-dealkylation sites (N-methyl/N-ethyl adjacent to an activating group) is 1. The van der Waals surface area contributed by atoms with Crippen LogP contribution in [-0.2, 0) is 22.7 Å². The summed E-state index contributed by atoms with van der Waals surface area (Å²) in [7, 11) is 3.57. The number of benzene rings is 1. The van der Waals surface area contributed by atoms with Crippen LogP contribution in [0.4, 0.5) is 4.39 Å². The summed E-state index contributed by atoms with van der Waals surface area (Å²) in [5.41, 5.74) is 1.97. The minimum Gasteiger partial charge on any atom is -0.344 e. The van der Waals surface area contributed by atoms with Crippen LogP contribution in [0.1, 0.15) is 36.8 Å². The second kappa shape index (κ2) is 11.0. The average molecular weight is 427 g/mol. The predicted molar refractivity (Wildman–Crippen MR) is 117 cm³/mol. The number of halogens is 1. The summed E-state index contributed by atoms with van der Waals surface area (Å²) >= 11 is 0. The fraction of sp³-hybridized carbons (Fsp3) is 0.458. The maximum atomic E-state index is 13.1. The minimum absolute atomic E-state index is 0.00308. The molecule has 7 heteroatoms. The van der Waals surface area contributed by atoms with Crippen molar-refractivity contribution in [2.24, 2.45) is 5.92 Å². The molecule has 0 spiro atoms. The first-order valence-corrected chi connectivity index (χ1v) is 10.8. The summed E-state index contributed by atoms with van der Waals surface area (Å²) in [6.45, 7) is 1.69. The Labute approximate surface area is 183 Å². The fourth-order valence-corrected chi connectivity index (χ4v) is 4.00. The van der Waals surface area contributed by atoms with E-state index < -0.39 is 0 Å². The molecule has 1 aliphatic rings. The topological polar surface area (TPSA) is 65.5 Å². The lowest BCUT2D eigenvalue weighted by Gasteiger charge is -2.25. The molecule has 0 unspecified atom stereocenters. The van der Waals surface area contributed by atoms with Crippen molar-refractivity contribution in [3.8, 4) is 0 Å². The molecule has 1 fully saturated rings. The van der Waals surface area contributed by atoms with Crippen LogP contribution >= 0.6 is 0 Å². The highest BCUT2D eigenvalue weighted by Gasteiger charge is 2.28. The van der Waals surface area contributed by atoms with Gasteiger partial charge in [-0.15, -0.1) is 0 Å². The van der Waals surface area contributed by atoms with Gasteiger partial charge in [0.25, 0.3) is 0 Å². The molecule has 0 radical (unpaired) electrons. The molecule has 166 valence electrons. The Morgan fingerprint density at radius 1 is 1.23 bits per heavy atom. The van der Waals surface area contributed by atoms with Crippen molar-refractivity contribution in [2.75, 3.05) is 20.6 Å². The summed E-state index contributed by atoms with van der Waals surface area (Å²) in [6.07, 6.45) is 6.11. The SMILES string of the molecule is CN1C[C@H](NCc2ccc(F)cc2)CCC[C@@H](C(=O)N(C)Cc2cccnc2)CC1=O. The zero-order valence-corrected chi connectivity index (χ0v) is 18.3. The summed E-state index contributed by atoms with van der Waals surface area (Å²) in [6, 6.07) is 10.3. The smallest absolute Gasteiger partial charge is 0.226 e. The Morgan fingerprint density at radius 2 is 2.00 bits per heavy atom. The maximum Gasteiger partial charge on any atom is 0.226 e. The third-order valence-corrected chi connectivity index (χ3v) is 5.82. The molecular weight excluding hydrogens is 395 g/mol. The van der Waals surface area contributed by atoms with Crippen LogP contribution in [0, 0.1) is 11.7 Å². The number of hydrogen-bond acceptors (Lipinski definition) is 4. The Hall–Kier alpha value is -2.80. The summed E-state index contributed by atoms with van der Waals surface area (Å²) in [5.74, 6) is -0.569. The molecule has 2 atom stereocenters. The van der Waals surface area contributed by atoms with Gasteiger partial charge in [-0.3, -0.25) is 14.6 Å². The Bertz CT molecular complexity index is 860. The van der Waals surface area contributed by atoms with Crippen LogP contribution in [0.2, 0.25) is 0 Å². The van der Waals surface area contributed by atoms with E-state index in [9.17, 15) is 14.0 Å². The first kappa shape index (κ1) is 22.9. The number of hydrogen-bond donors (Lipinski definition) is 1. The van der Waals surface area contributed by atoms with Crippen LogP contribution in [0.25, 0.3) is 0 Å². The van der Waals surface area contributed by atoms with E-state index in [0.29, 0.717) is 26.1 Å². The third-order valence-electron chi connectivity index (χ3n) is 5.82. The van der Waals surface area contributed by atoms with Gasteiger partial charge in [-0.2, -0.15) is 0 Å². The number of aromatic nitrogens is 1. The van der Waals surface area contributed by atoms with Gasteiger partial charge in [0.05, 0.1) is 0 Å². The van der Waals surface area contributed by atoms with E-state index >= 15 is 0 Å². The van der Waals surface area contributed by atoms with Crippen molar-refractivity contribution in [1.29, 1.82) is 0 Å². The molecule has 1 saturated heterocycles. The van der Waals surface area contributed by atoms with Crippen molar-refractivity contribution < 1.29 is 14.0 Å². The lowest BCUT2D eigenvalue weighted by Crippen LogP contribution is -2.42. The molecule has 1 N–H and O–H groups in total. The fourth-order valence-electron chi connectivity index (χ4n) is 4.00. The number of rotatable bonds is 6. The molecule has 2 heterocycles. The first-order chi connectivity index (χ1) is 14.9. The normalized spacial score (nSPS) is 20.0. The van der Waals surface area contributed by atoms with Gasteiger partial charge >= 0.3 is 0 Å². The van der Waals surface area contributed by atoms with Gasteiger partial charge < -0.3 is 15.1 Å². The van der Waals surface area contributed by atoms with Crippen LogP contribution in [-0.4, -0.2) is 53.3 Å². The van der Waals surface area contributed by atoms with E-state index in [1.54, 1.807) is 48.4 Å². The van der Waals surface area contributed by atoms with Gasteiger partial charge in [-0.05, 0) is 42.2 Å². The van der Waals surface area contributed by atoms with Crippen LogP contribution in [0.5, 0.6) is 0 Å². The molecular formula is C24H31FN4O2. The lowest BCUT2D eigenvalue weighted by molar-refractivity contribution is -0.140. The van der Waals surface area contributed by atoms with Crippen LogP contribution in [0.3, 0.4) is 0 Å². The van der Waals surface area contributed by atoms with Crippen molar-refractivity contribution in [3.63, 3.8) is 0 Å². The standard InChI is InChI=1S/C24H31FN4O2/c1-28-17-22(27-15-18-8-10-21(25)11-9-18)7-3-6-20(13-23(28)30)24(31)29(2)16-19-5-4-12-26-14-19/h4-5,8-12,14,20,22,27H,3,6-7,13,15-17H2,1-2H3/t20-,22-/m1/s1. The molecule has 0 bridgehead atoms. The van der Waals surface area contributed by atoms with Gasteiger partial charge in [0.2, 0.25) is 11.8 Å². The predicted octanol–water partition coefficient (Wildman–Crippen LogP) is 2.99. The van der Waals surface area contributed by atoms with E-state index in [-0.39, 0.29) is 36.0 Å². The van der Waals surface area contributed by atoms with Crippen LogP contribution < -0.4 is 5.32 Å². The number of nitrogens with one attached hydrogen (secondary N) is 1.